The van der Waals surface area contributed by atoms with Crippen molar-refractivity contribution in [2.75, 3.05) is 26.3 Å². The van der Waals surface area contributed by atoms with Crippen LogP contribution in [0.4, 0.5) is 0 Å². The third kappa shape index (κ3) is 5.21. The highest BCUT2D eigenvalue weighted by molar-refractivity contribution is 5.91. The predicted octanol–water partition coefficient (Wildman–Crippen LogP) is 5.23. The minimum absolute atomic E-state index is 0.632. The zero-order valence-electron chi connectivity index (χ0n) is 18.6. The van der Waals surface area contributed by atoms with Crippen LogP contribution in [-0.4, -0.2) is 26.3 Å². The Morgan fingerprint density at radius 1 is 0.625 bits per heavy atom. The SMILES string of the molecule is NCCc1cccc2ccc(OCCCCOc3cccc4cccc(CCN)c34)cc12. The summed E-state index contributed by atoms with van der Waals surface area (Å²) >= 11 is 0. The first-order valence-corrected chi connectivity index (χ1v) is 11.5. The fourth-order valence-electron chi connectivity index (χ4n) is 4.22. The molecule has 4 aromatic carbocycles. The van der Waals surface area contributed by atoms with E-state index in [1.54, 1.807) is 0 Å². The lowest BCUT2D eigenvalue weighted by Crippen LogP contribution is -2.05. The van der Waals surface area contributed by atoms with Crippen molar-refractivity contribution in [1.82, 2.24) is 0 Å². The van der Waals surface area contributed by atoms with Crippen LogP contribution in [0.3, 0.4) is 0 Å². The Morgan fingerprint density at radius 3 is 2.06 bits per heavy atom. The maximum Gasteiger partial charge on any atom is 0.127 e. The van der Waals surface area contributed by atoms with E-state index in [2.05, 4.69) is 54.6 Å². The second-order valence-corrected chi connectivity index (χ2v) is 8.05. The molecule has 0 atom stereocenters. The molecular formula is C28H32N2O2. The predicted molar refractivity (Wildman–Crippen MR) is 134 cm³/mol. The molecule has 0 aliphatic heterocycles. The van der Waals surface area contributed by atoms with Gasteiger partial charge in [0, 0.05) is 5.39 Å². The molecule has 0 unspecified atom stereocenters. The maximum absolute atomic E-state index is 6.15. The van der Waals surface area contributed by atoms with E-state index < -0.39 is 0 Å². The standard InChI is InChI=1S/C28H32N2O2/c29-16-14-22-7-3-6-21-12-13-25(20-26(21)22)31-18-1-2-19-32-27-11-5-10-23-8-4-9-24(15-17-30)28(23)27/h3-13,20H,1-2,14-19,29-30H2. The van der Waals surface area contributed by atoms with Crippen LogP contribution in [0, 0.1) is 0 Å². The van der Waals surface area contributed by atoms with Gasteiger partial charge in [0.2, 0.25) is 0 Å². The Hall–Kier alpha value is -3.08. The number of hydrogen-bond donors (Lipinski definition) is 2. The Kier molecular flexibility index (Phi) is 7.59. The van der Waals surface area contributed by atoms with E-state index in [4.69, 9.17) is 20.9 Å². The monoisotopic (exact) mass is 428 g/mol. The molecule has 4 aromatic rings. The smallest absolute Gasteiger partial charge is 0.127 e. The third-order valence-corrected chi connectivity index (χ3v) is 5.79. The highest BCUT2D eigenvalue weighted by atomic mass is 16.5. The number of fused-ring (bicyclic) bond motifs is 2. The molecule has 0 aliphatic carbocycles. The van der Waals surface area contributed by atoms with Gasteiger partial charge in [-0.1, -0.05) is 54.6 Å². The fraction of sp³-hybridized carbons (Fsp3) is 0.286. The number of rotatable bonds is 11. The van der Waals surface area contributed by atoms with E-state index in [0.29, 0.717) is 26.3 Å². The average Bonchev–Trinajstić information content (AvgIpc) is 2.82. The Bertz CT molecular complexity index is 1170. The molecule has 0 saturated heterocycles. The van der Waals surface area contributed by atoms with Gasteiger partial charge in [0.15, 0.2) is 0 Å². The molecule has 0 fully saturated rings. The lowest BCUT2D eigenvalue weighted by molar-refractivity contribution is 0.268. The number of ether oxygens (including phenoxy) is 2. The van der Waals surface area contributed by atoms with Gasteiger partial charge in [0.1, 0.15) is 11.5 Å². The van der Waals surface area contributed by atoms with E-state index in [1.165, 1.54) is 32.7 Å². The van der Waals surface area contributed by atoms with Crippen molar-refractivity contribution in [2.24, 2.45) is 11.5 Å². The molecule has 4 rings (SSSR count). The van der Waals surface area contributed by atoms with Gasteiger partial charge in [-0.15, -0.1) is 0 Å². The molecule has 0 aliphatic rings. The van der Waals surface area contributed by atoms with Gasteiger partial charge in [0.25, 0.3) is 0 Å². The molecule has 4 heteroatoms. The minimum atomic E-state index is 0.632. The van der Waals surface area contributed by atoms with Crippen LogP contribution in [0.15, 0.2) is 72.8 Å². The van der Waals surface area contributed by atoms with Gasteiger partial charge < -0.3 is 20.9 Å². The van der Waals surface area contributed by atoms with Gasteiger partial charge in [0.05, 0.1) is 13.2 Å². The number of nitrogens with two attached hydrogens (primary N) is 2. The molecule has 0 radical (unpaired) electrons. The summed E-state index contributed by atoms with van der Waals surface area (Å²) in [6, 6.07) is 25.2. The number of benzene rings is 4. The van der Waals surface area contributed by atoms with Crippen molar-refractivity contribution >= 4 is 21.5 Å². The summed E-state index contributed by atoms with van der Waals surface area (Å²) in [6.45, 7) is 2.61. The Balaban J connectivity index is 1.31. The molecule has 4 N–H and O–H groups in total. The zero-order valence-corrected chi connectivity index (χ0v) is 18.6. The van der Waals surface area contributed by atoms with E-state index in [9.17, 15) is 0 Å². The first kappa shape index (κ1) is 22.1. The van der Waals surface area contributed by atoms with Crippen LogP contribution in [-0.2, 0) is 12.8 Å². The van der Waals surface area contributed by atoms with Gasteiger partial charge >= 0.3 is 0 Å². The highest BCUT2D eigenvalue weighted by Gasteiger charge is 2.07. The zero-order chi connectivity index (χ0) is 22.2. The molecular weight excluding hydrogens is 396 g/mol. The molecule has 0 amide bonds. The van der Waals surface area contributed by atoms with Crippen molar-refractivity contribution < 1.29 is 9.47 Å². The highest BCUT2D eigenvalue weighted by Crippen LogP contribution is 2.29. The second-order valence-electron chi connectivity index (χ2n) is 8.05. The number of hydrogen-bond acceptors (Lipinski definition) is 4. The molecule has 0 saturated carbocycles. The summed E-state index contributed by atoms with van der Waals surface area (Å²) in [6.07, 6.45) is 3.59. The summed E-state index contributed by atoms with van der Waals surface area (Å²) in [5.41, 5.74) is 14.1. The second kappa shape index (κ2) is 11.0. The average molecular weight is 429 g/mol. The third-order valence-electron chi connectivity index (χ3n) is 5.79. The lowest BCUT2D eigenvalue weighted by Gasteiger charge is -2.13. The van der Waals surface area contributed by atoms with Crippen molar-refractivity contribution in [3.05, 3.63) is 83.9 Å². The van der Waals surface area contributed by atoms with Gasteiger partial charge in [-0.05, 0) is 84.3 Å². The summed E-state index contributed by atoms with van der Waals surface area (Å²) in [4.78, 5) is 0. The summed E-state index contributed by atoms with van der Waals surface area (Å²) in [5, 5.41) is 4.83. The summed E-state index contributed by atoms with van der Waals surface area (Å²) < 4.78 is 12.2. The van der Waals surface area contributed by atoms with Crippen LogP contribution in [0.1, 0.15) is 24.0 Å². The van der Waals surface area contributed by atoms with Gasteiger partial charge in [-0.2, -0.15) is 0 Å². The lowest BCUT2D eigenvalue weighted by atomic mass is 10.0. The first-order valence-electron chi connectivity index (χ1n) is 11.5. The van der Waals surface area contributed by atoms with E-state index in [1.807, 2.05) is 18.2 Å². The van der Waals surface area contributed by atoms with Gasteiger partial charge in [-0.25, -0.2) is 0 Å². The molecule has 0 aromatic heterocycles. The Morgan fingerprint density at radius 2 is 1.28 bits per heavy atom. The molecule has 4 nitrogen and oxygen atoms in total. The van der Waals surface area contributed by atoms with Crippen LogP contribution >= 0.6 is 0 Å². The quantitative estimate of drug-likeness (QED) is 0.321. The van der Waals surface area contributed by atoms with E-state index in [0.717, 1.165) is 37.2 Å². The normalized spacial score (nSPS) is 11.2. The van der Waals surface area contributed by atoms with Crippen LogP contribution < -0.4 is 20.9 Å². The van der Waals surface area contributed by atoms with Crippen molar-refractivity contribution in [3.8, 4) is 11.5 Å². The summed E-state index contributed by atoms with van der Waals surface area (Å²) in [7, 11) is 0. The van der Waals surface area contributed by atoms with Crippen LogP contribution in [0.5, 0.6) is 11.5 Å². The maximum atomic E-state index is 6.15. The Labute approximate surface area is 190 Å². The van der Waals surface area contributed by atoms with Crippen molar-refractivity contribution in [2.45, 2.75) is 25.7 Å². The molecule has 166 valence electrons. The van der Waals surface area contributed by atoms with Crippen molar-refractivity contribution in [3.63, 3.8) is 0 Å². The van der Waals surface area contributed by atoms with Crippen LogP contribution in [0.2, 0.25) is 0 Å². The molecule has 0 bridgehead atoms. The van der Waals surface area contributed by atoms with Crippen LogP contribution in [0.25, 0.3) is 21.5 Å². The number of unbranched alkanes of at least 4 members (excludes halogenated alkanes) is 1. The molecule has 0 spiro atoms. The first-order chi connectivity index (χ1) is 15.8. The van der Waals surface area contributed by atoms with Gasteiger partial charge in [-0.3, -0.25) is 0 Å². The minimum Gasteiger partial charge on any atom is -0.494 e. The largest absolute Gasteiger partial charge is 0.494 e. The topological polar surface area (TPSA) is 70.5 Å². The molecule has 0 heterocycles. The fourth-order valence-corrected chi connectivity index (χ4v) is 4.22. The molecule has 32 heavy (non-hydrogen) atoms. The summed E-state index contributed by atoms with van der Waals surface area (Å²) in [5.74, 6) is 1.85. The van der Waals surface area contributed by atoms with Crippen molar-refractivity contribution in [1.29, 1.82) is 0 Å². The van der Waals surface area contributed by atoms with E-state index in [-0.39, 0.29) is 0 Å². The van der Waals surface area contributed by atoms with E-state index >= 15 is 0 Å².